The molecule has 0 saturated heterocycles. The molecular weight excluding hydrogens is 555 g/mol. The number of aromatic nitrogens is 1. The van der Waals surface area contributed by atoms with E-state index in [1.54, 1.807) is 36.4 Å². The molecule has 39 heavy (non-hydrogen) atoms. The SMILES string of the molecule is Cc1ccc(N(CC(=O)N/N=C/c2cc(C)n(-c3ccc(Cl)cc3Cl)c2C)S(=O)(=O)c2ccccc2)c(C)c1. The van der Waals surface area contributed by atoms with Crippen molar-refractivity contribution in [3.8, 4) is 5.69 Å². The lowest BCUT2D eigenvalue weighted by molar-refractivity contribution is -0.119. The number of amides is 1. The van der Waals surface area contributed by atoms with Gasteiger partial charge in [0.05, 0.1) is 27.5 Å². The van der Waals surface area contributed by atoms with E-state index >= 15 is 0 Å². The molecule has 0 aliphatic heterocycles. The van der Waals surface area contributed by atoms with E-state index < -0.39 is 22.5 Å². The highest BCUT2D eigenvalue weighted by molar-refractivity contribution is 7.92. The average Bonchev–Trinajstić information content (AvgIpc) is 3.16. The van der Waals surface area contributed by atoms with Crippen molar-refractivity contribution in [3.05, 3.63) is 111 Å². The van der Waals surface area contributed by atoms with Gasteiger partial charge in [-0.15, -0.1) is 0 Å². The molecule has 4 rings (SSSR count). The molecule has 0 aliphatic rings. The minimum Gasteiger partial charge on any atom is -0.316 e. The fraction of sp³-hybridized carbons (Fsp3) is 0.172. The van der Waals surface area contributed by atoms with Crippen LogP contribution in [0, 0.1) is 27.7 Å². The molecule has 202 valence electrons. The van der Waals surface area contributed by atoms with Crippen molar-refractivity contribution in [2.24, 2.45) is 5.10 Å². The third-order valence-electron chi connectivity index (χ3n) is 6.25. The number of carbonyl (C=O) groups is 1. The Hall–Kier alpha value is -3.59. The van der Waals surface area contributed by atoms with Crippen LogP contribution in [0.15, 0.2) is 82.8 Å². The minimum atomic E-state index is -4.01. The zero-order valence-corrected chi connectivity index (χ0v) is 24.3. The van der Waals surface area contributed by atoms with E-state index in [-0.39, 0.29) is 4.90 Å². The largest absolute Gasteiger partial charge is 0.316 e. The van der Waals surface area contributed by atoms with Gasteiger partial charge in [-0.05, 0) is 75.7 Å². The lowest BCUT2D eigenvalue weighted by Crippen LogP contribution is -2.40. The van der Waals surface area contributed by atoms with Crippen LogP contribution in [0.5, 0.6) is 0 Å². The number of hydrogen-bond donors (Lipinski definition) is 1. The Bertz CT molecular complexity index is 1670. The van der Waals surface area contributed by atoms with E-state index in [4.69, 9.17) is 23.2 Å². The summed E-state index contributed by atoms with van der Waals surface area (Å²) < 4.78 is 30.2. The molecule has 7 nitrogen and oxygen atoms in total. The fourth-order valence-electron chi connectivity index (χ4n) is 4.40. The van der Waals surface area contributed by atoms with Crippen molar-refractivity contribution in [3.63, 3.8) is 0 Å². The monoisotopic (exact) mass is 582 g/mol. The molecule has 0 atom stereocenters. The molecule has 3 aromatic carbocycles. The number of benzene rings is 3. The van der Waals surface area contributed by atoms with Gasteiger partial charge in [-0.2, -0.15) is 5.10 Å². The van der Waals surface area contributed by atoms with Crippen LogP contribution in [0.2, 0.25) is 10.0 Å². The van der Waals surface area contributed by atoms with Gasteiger partial charge in [0.2, 0.25) is 0 Å². The van der Waals surface area contributed by atoms with Gasteiger partial charge in [0, 0.05) is 22.0 Å². The Morgan fingerprint density at radius 1 is 0.974 bits per heavy atom. The zero-order chi connectivity index (χ0) is 28.3. The van der Waals surface area contributed by atoms with Crippen molar-refractivity contribution < 1.29 is 13.2 Å². The van der Waals surface area contributed by atoms with Gasteiger partial charge in [-0.1, -0.05) is 59.1 Å². The highest BCUT2D eigenvalue weighted by Gasteiger charge is 2.28. The van der Waals surface area contributed by atoms with Crippen molar-refractivity contribution >= 4 is 51.0 Å². The summed E-state index contributed by atoms with van der Waals surface area (Å²) in [5, 5.41) is 5.16. The molecule has 4 aromatic rings. The Kier molecular flexibility index (Phi) is 8.49. The molecule has 1 aromatic heterocycles. The van der Waals surface area contributed by atoms with Gasteiger partial charge >= 0.3 is 0 Å². The highest BCUT2D eigenvalue weighted by Crippen LogP contribution is 2.29. The third kappa shape index (κ3) is 6.19. The molecule has 1 heterocycles. The van der Waals surface area contributed by atoms with Gasteiger partial charge in [0.1, 0.15) is 6.54 Å². The second-order valence-electron chi connectivity index (χ2n) is 9.17. The summed E-state index contributed by atoms with van der Waals surface area (Å²) in [6, 6.07) is 20.6. The second-order valence-corrected chi connectivity index (χ2v) is 11.9. The average molecular weight is 584 g/mol. The van der Waals surface area contributed by atoms with E-state index in [1.165, 1.54) is 18.3 Å². The molecule has 0 bridgehead atoms. The maximum absolute atomic E-state index is 13.6. The van der Waals surface area contributed by atoms with Gasteiger partial charge in [-0.25, -0.2) is 13.8 Å². The maximum atomic E-state index is 13.6. The molecule has 0 aliphatic carbocycles. The van der Waals surface area contributed by atoms with Crippen LogP contribution in [0.1, 0.15) is 28.1 Å². The Morgan fingerprint density at radius 2 is 1.69 bits per heavy atom. The molecule has 0 saturated carbocycles. The van der Waals surface area contributed by atoms with Crippen molar-refractivity contribution in [2.45, 2.75) is 32.6 Å². The first-order valence-electron chi connectivity index (χ1n) is 12.1. The molecule has 1 N–H and O–H groups in total. The predicted molar refractivity (Wildman–Crippen MR) is 158 cm³/mol. The number of sulfonamides is 1. The van der Waals surface area contributed by atoms with E-state index in [2.05, 4.69) is 10.5 Å². The number of rotatable bonds is 8. The highest BCUT2D eigenvalue weighted by atomic mass is 35.5. The van der Waals surface area contributed by atoms with E-state index in [9.17, 15) is 13.2 Å². The van der Waals surface area contributed by atoms with Crippen molar-refractivity contribution in [1.82, 2.24) is 9.99 Å². The number of hydrogen-bond acceptors (Lipinski definition) is 4. The first kappa shape index (κ1) is 28.4. The molecule has 10 heteroatoms. The Labute approximate surface area is 238 Å². The van der Waals surface area contributed by atoms with E-state index in [1.807, 2.05) is 56.5 Å². The number of halogens is 2. The normalized spacial score (nSPS) is 11.6. The number of hydrazone groups is 1. The quantitative estimate of drug-likeness (QED) is 0.194. The van der Waals surface area contributed by atoms with Crippen LogP contribution in [-0.4, -0.2) is 31.7 Å². The third-order valence-corrected chi connectivity index (χ3v) is 8.56. The number of nitrogens with zero attached hydrogens (tertiary/aromatic N) is 3. The summed E-state index contributed by atoms with van der Waals surface area (Å²) in [5.41, 5.74) is 7.93. The van der Waals surface area contributed by atoms with Crippen LogP contribution in [0.3, 0.4) is 0 Å². The topological polar surface area (TPSA) is 83.8 Å². The Balaban J connectivity index is 1.58. The van der Waals surface area contributed by atoms with Crippen LogP contribution in [-0.2, 0) is 14.8 Å². The van der Waals surface area contributed by atoms with E-state index in [0.717, 1.165) is 38.1 Å². The smallest absolute Gasteiger partial charge is 0.264 e. The van der Waals surface area contributed by atoms with Crippen molar-refractivity contribution in [2.75, 3.05) is 10.8 Å². The second kappa shape index (κ2) is 11.7. The van der Waals surface area contributed by atoms with Crippen molar-refractivity contribution in [1.29, 1.82) is 0 Å². The van der Waals surface area contributed by atoms with Gasteiger partial charge in [-0.3, -0.25) is 9.10 Å². The summed E-state index contributed by atoms with van der Waals surface area (Å²) in [5.74, 6) is -0.583. The first-order chi connectivity index (χ1) is 18.5. The summed E-state index contributed by atoms with van der Waals surface area (Å²) in [6.45, 7) is 7.14. The van der Waals surface area contributed by atoms with Crippen LogP contribution >= 0.6 is 23.2 Å². The van der Waals surface area contributed by atoms with E-state index in [0.29, 0.717) is 15.7 Å². The zero-order valence-electron chi connectivity index (χ0n) is 21.9. The number of carbonyl (C=O) groups excluding carboxylic acids is 1. The molecule has 0 unspecified atom stereocenters. The Morgan fingerprint density at radius 3 is 2.36 bits per heavy atom. The summed E-state index contributed by atoms with van der Waals surface area (Å²) in [4.78, 5) is 13.1. The van der Waals surface area contributed by atoms with Gasteiger partial charge < -0.3 is 4.57 Å². The standard InChI is InChI=1S/C29H28Cl2N4O3S/c1-19-10-12-27(20(2)14-19)34(39(37,38)25-8-6-5-7-9-25)18-29(36)33-32-17-23-15-21(3)35(22(23)4)28-13-11-24(30)16-26(28)31/h5-17H,18H2,1-4H3,(H,33,36)/b32-17+. The van der Waals surface area contributed by atoms with Crippen LogP contribution in [0.4, 0.5) is 5.69 Å². The molecular formula is C29H28Cl2N4O3S. The van der Waals surface area contributed by atoms with Gasteiger partial charge in [0.25, 0.3) is 15.9 Å². The first-order valence-corrected chi connectivity index (χ1v) is 14.3. The molecule has 0 spiro atoms. The number of anilines is 1. The predicted octanol–water partition coefficient (Wildman–Crippen LogP) is 6.36. The lowest BCUT2D eigenvalue weighted by atomic mass is 10.1. The summed E-state index contributed by atoms with van der Waals surface area (Å²) in [7, 11) is -4.01. The maximum Gasteiger partial charge on any atom is 0.264 e. The molecule has 1 amide bonds. The van der Waals surface area contributed by atoms with Crippen LogP contribution < -0.4 is 9.73 Å². The van der Waals surface area contributed by atoms with Gasteiger partial charge in [0.15, 0.2) is 0 Å². The summed E-state index contributed by atoms with van der Waals surface area (Å²) in [6.07, 6.45) is 1.52. The lowest BCUT2D eigenvalue weighted by Gasteiger charge is -2.25. The van der Waals surface area contributed by atoms with Crippen LogP contribution in [0.25, 0.3) is 5.69 Å². The number of nitrogens with one attached hydrogen (secondary N) is 1. The molecule has 0 fully saturated rings. The number of aryl methyl sites for hydroxylation is 3. The minimum absolute atomic E-state index is 0.0922. The fourth-order valence-corrected chi connectivity index (χ4v) is 6.40. The molecule has 0 radical (unpaired) electrons. The summed E-state index contributed by atoms with van der Waals surface area (Å²) >= 11 is 12.5.